The second kappa shape index (κ2) is 5.53. The SMILES string of the molecule is CC(C)(C)Oc1ccc(C(=O)N2CCNC(=O)C2)cc1. The van der Waals surface area contributed by atoms with E-state index in [4.69, 9.17) is 4.74 Å². The van der Waals surface area contributed by atoms with E-state index in [0.717, 1.165) is 5.75 Å². The number of hydrogen-bond acceptors (Lipinski definition) is 3. The van der Waals surface area contributed by atoms with Crippen molar-refractivity contribution < 1.29 is 14.3 Å². The van der Waals surface area contributed by atoms with Gasteiger partial charge in [0, 0.05) is 18.7 Å². The van der Waals surface area contributed by atoms with Gasteiger partial charge in [0.05, 0.1) is 6.54 Å². The monoisotopic (exact) mass is 276 g/mol. The van der Waals surface area contributed by atoms with Gasteiger partial charge in [0.15, 0.2) is 0 Å². The molecule has 0 saturated carbocycles. The van der Waals surface area contributed by atoms with Gasteiger partial charge in [0.1, 0.15) is 11.4 Å². The summed E-state index contributed by atoms with van der Waals surface area (Å²) in [5.74, 6) is 0.491. The van der Waals surface area contributed by atoms with Crippen LogP contribution in [0.4, 0.5) is 0 Å². The van der Waals surface area contributed by atoms with Crippen LogP contribution in [-0.2, 0) is 4.79 Å². The Morgan fingerprint density at radius 1 is 1.25 bits per heavy atom. The molecule has 1 aliphatic heterocycles. The highest BCUT2D eigenvalue weighted by Crippen LogP contribution is 2.19. The first kappa shape index (κ1) is 14.4. The van der Waals surface area contributed by atoms with E-state index in [0.29, 0.717) is 18.7 Å². The number of benzene rings is 1. The van der Waals surface area contributed by atoms with Crippen LogP contribution in [0.15, 0.2) is 24.3 Å². The van der Waals surface area contributed by atoms with Crippen molar-refractivity contribution in [1.29, 1.82) is 0 Å². The molecular formula is C15H20N2O3. The average molecular weight is 276 g/mol. The van der Waals surface area contributed by atoms with Crippen LogP contribution >= 0.6 is 0 Å². The maximum atomic E-state index is 12.2. The second-order valence-corrected chi connectivity index (χ2v) is 5.82. The van der Waals surface area contributed by atoms with Gasteiger partial charge >= 0.3 is 0 Å². The quantitative estimate of drug-likeness (QED) is 0.889. The fraction of sp³-hybridized carbons (Fsp3) is 0.467. The van der Waals surface area contributed by atoms with Crippen LogP contribution in [0.25, 0.3) is 0 Å². The maximum Gasteiger partial charge on any atom is 0.254 e. The minimum absolute atomic E-state index is 0.114. The molecule has 0 aliphatic carbocycles. The maximum absolute atomic E-state index is 12.2. The molecule has 5 heteroatoms. The van der Waals surface area contributed by atoms with Crippen molar-refractivity contribution in [2.45, 2.75) is 26.4 Å². The minimum atomic E-state index is -0.267. The molecule has 1 aliphatic rings. The van der Waals surface area contributed by atoms with Gasteiger partial charge in [-0.2, -0.15) is 0 Å². The highest BCUT2D eigenvalue weighted by molar-refractivity contribution is 5.97. The highest BCUT2D eigenvalue weighted by Gasteiger charge is 2.22. The van der Waals surface area contributed by atoms with Gasteiger partial charge in [-0.1, -0.05) is 0 Å². The Labute approximate surface area is 118 Å². The molecule has 5 nitrogen and oxygen atoms in total. The molecule has 1 heterocycles. The molecule has 0 unspecified atom stereocenters. The van der Waals surface area contributed by atoms with Gasteiger partial charge in [-0.3, -0.25) is 9.59 Å². The summed E-state index contributed by atoms with van der Waals surface area (Å²) in [4.78, 5) is 25.1. The zero-order valence-electron chi connectivity index (χ0n) is 12.1. The topological polar surface area (TPSA) is 58.6 Å². The zero-order chi connectivity index (χ0) is 14.8. The van der Waals surface area contributed by atoms with E-state index in [-0.39, 0.29) is 24.0 Å². The van der Waals surface area contributed by atoms with E-state index in [9.17, 15) is 9.59 Å². The third kappa shape index (κ3) is 3.73. The number of piperazine rings is 1. The molecule has 1 fully saturated rings. The lowest BCUT2D eigenvalue weighted by Gasteiger charge is -2.27. The molecule has 0 radical (unpaired) electrons. The van der Waals surface area contributed by atoms with Crippen LogP contribution in [0.3, 0.4) is 0 Å². The van der Waals surface area contributed by atoms with Crippen molar-refractivity contribution in [2.75, 3.05) is 19.6 Å². The summed E-state index contributed by atoms with van der Waals surface area (Å²) in [6, 6.07) is 7.02. The van der Waals surface area contributed by atoms with Gasteiger partial charge in [-0.15, -0.1) is 0 Å². The lowest BCUT2D eigenvalue weighted by Crippen LogP contribution is -2.49. The van der Waals surface area contributed by atoms with E-state index in [1.807, 2.05) is 20.8 Å². The Balaban J connectivity index is 2.05. The first-order valence-corrected chi connectivity index (χ1v) is 6.70. The first-order valence-electron chi connectivity index (χ1n) is 6.70. The lowest BCUT2D eigenvalue weighted by atomic mass is 10.1. The molecule has 2 rings (SSSR count). The van der Waals surface area contributed by atoms with Crippen LogP contribution in [0.5, 0.6) is 5.75 Å². The summed E-state index contributed by atoms with van der Waals surface area (Å²) in [5.41, 5.74) is 0.303. The predicted octanol–water partition coefficient (Wildman–Crippen LogP) is 1.44. The molecule has 20 heavy (non-hydrogen) atoms. The summed E-state index contributed by atoms with van der Waals surface area (Å²) >= 11 is 0. The number of rotatable bonds is 2. The van der Waals surface area contributed by atoms with E-state index >= 15 is 0 Å². The smallest absolute Gasteiger partial charge is 0.254 e. The van der Waals surface area contributed by atoms with Gasteiger partial charge < -0.3 is 15.0 Å². The second-order valence-electron chi connectivity index (χ2n) is 5.82. The molecule has 1 saturated heterocycles. The van der Waals surface area contributed by atoms with Crippen molar-refractivity contribution in [3.63, 3.8) is 0 Å². The Kier molecular flexibility index (Phi) is 3.97. The number of hydrogen-bond donors (Lipinski definition) is 1. The number of carbonyl (C=O) groups excluding carboxylic acids is 2. The van der Waals surface area contributed by atoms with Crippen molar-refractivity contribution in [1.82, 2.24) is 10.2 Å². The summed E-state index contributed by atoms with van der Waals surface area (Å²) in [6.45, 7) is 7.09. The summed E-state index contributed by atoms with van der Waals surface area (Å²) in [6.07, 6.45) is 0. The molecule has 0 atom stereocenters. The van der Waals surface area contributed by atoms with E-state index in [1.54, 1.807) is 29.2 Å². The standard InChI is InChI=1S/C15H20N2O3/c1-15(2,3)20-12-6-4-11(5-7-12)14(19)17-9-8-16-13(18)10-17/h4-7H,8-10H2,1-3H3,(H,16,18). The third-order valence-corrected chi connectivity index (χ3v) is 2.85. The van der Waals surface area contributed by atoms with Crippen LogP contribution < -0.4 is 10.1 Å². The van der Waals surface area contributed by atoms with Crippen LogP contribution in [0.2, 0.25) is 0 Å². The summed E-state index contributed by atoms with van der Waals surface area (Å²) < 4.78 is 5.71. The Morgan fingerprint density at radius 3 is 2.45 bits per heavy atom. The molecule has 108 valence electrons. The zero-order valence-corrected chi connectivity index (χ0v) is 12.1. The molecule has 1 aromatic carbocycles. The Hall–Kier alpha value is -2.04. The number of carbonyl (C=O) groups is 2. The molecule has 1 N–H and O–H groups in total. The normalized spacial score (nSPS) is 15.8. The number of nitrogens with one attached hydrogen (secondary N) is 1. The van der Waals surface area contributed by atoms with Gasteiger partial charge in [0.25, 0.3) is 5.91 Å². The molecule has 2 amide bonds. The highest BCUT2D eigenvalue weighted by atomic mass is 16.5. The van der Waals surface area contributed by atoms with Crippen LogP contribution in [0.1, 0.15) is 31.1 Å². The fourth-order valence-electron chi connectivity index (χ4n) is 2.01. The third-order valence-electron chi connectivity index (χ3n) is 2.85. The predicted molar refractivity (Wildman–Crippen MR) is 75.7 cm³/mol. The largest absolute Gasteiger partial charge is 0.488 e. The molecule has 1 aromatic rings. The molecular weight excluding hydrogens is 256 g/mol. The average Bonchev–Trinajstić information content (AvgIpc) is 2.37. The summed E-state index contributed by atoms with van der Waals surface area (Å²) in [7, 11) is 0. The Bertz CT molecular complexity index is 503. The van der Waals surface area contributed by atoms with Crippen molar-refractivity contribution in [2.24, 2.45) is 0 Å². The van der Waals surface area contributed by atoms with Crippen molar-refractivity contribution >= 4 is 11.8 Å². The van der Waals surface area contributed by atoms with Crippen LogP contribution in [-0.4, -0.2) is 41.9 Å². The molecule has 0 aromatic heterocycles. The van der Waals surface area contributed by atoms with E-state index in [2.05, 4.69) is 5.32 Å². The number of amides is 2. The first-order chi connectivity index (χ1) is 9.35. The van der Waals surface area contributed by atoms with Crippen molar-refractivity contribution in [3.8, 4) is 5.75 Å². The molecule has 0 bridgehead atoms. The Morgan fingerprint density at radius 2 is 1.90 bits per heavy atom. The summed E-state index contributed by atoms with van der Waals surface area (Å²) in [5, 5.41) is 2.70. The number of nitrogens with zero attached hydrogens (tertiary/aromatic N) is 1. The van der Waals surface area contributed by atoms with Crippen molar-refractivity contribution in [3.05, 3.63) is 29.8 Å². The van der Waals surface area contributed by atoms with Gasteiger partial charge in [0.2, 0.25) is 5.91 Å². The lowest BCUT2D eigenvalue weighted by molar-refractivity contribution is -0.123. The van der Waals surface area contributed by atoms with E-state index < -0.39 is 0 Å². The van der Waals surface area contributed by atoms with Gasteiger partial charge in [-0.05, 0) is 45.0 Å². The van der Waals surface area contributed by atoms with Gasteiger partial charge in [-0.25, -0.2) is 0 Å². The minimum Gasteiger partial charge on any atom is -0.488 e. The van der Waals surface area contributed by atoms with Crippen LogP contribution in [0, 0.1) is 0 Å². The van der Waals surface area contributed by atoms with E-state index in [1.165, 1.54) is 0 Å². The fourth-order valence-corrected chi connectivity index (χ4v) is 2.01. The number of ether oxygens (including phenoxy) is 1. The molecule has 0 spiro atoms.